The number of pyridine rings is 1. The zero-order chi connectivity index (χ0) is 11.5. The largest absolute Gasteiger partial charge is 0.379 e. The SMILES string of the molecule is c1ccn2nc(CCN3CCOCC3)nc2c1. The lowest BCUT2D eigenvalue weighted by atomic mass is 10.3. The summed E-state index contributed by atoms with van der Waals surface area (Å²) in [6.45, 7) is 4.75. The van der Waals surface area contributed by atoms with Crippen LogP contribution in [0.4, 0.5) is 0 Å². The summed E-state index contributed by atoms with van der Waals surface area (Å²) in [5, 5.41) is 4.44. The number of fused-ring (bicyclic) bond motifs is 1. The minimum Gasteiger partial charge on any atom is -0.379 e. The number of nitrogens with zero attached hydrogens (tertiary/aromatic N) is 4. The van der Waals surface area contributed by atoms with Crippen molar-refractivity contribution >= 4 is 5.65 Å². The normalized spacial score (nSPS) is 17.6. The van der Waals surface area contributed by atoms with Gasteiger partial charge in [-0.1, -0.05) is 6.07 Å². The van der Waals surface area contributed by atoms with E-state index in [4.69, 9.17) is 4.74 Å². The van der Waals surface area contributed by atoms with E-state index in [1.165, 1.54) is 0 Å². The number of aromatic nitrogens is 3. The van der Waals surface area contributed by atoms with E-state index in [1.54, 1.807) is 0 Å². The van der Waals surface area contributed by atoms with Crippen LogP contribution in [0.15, 0.2) is 24.4 Å². The van der Waals surface area contributed by atoms with Crippen LogP contribution < -0.4 is 0 Å². The number of hydrogen-bond donors (Lipinski definition) is 0. The average molecular weight is 232 g/mol. The lowest BCUT2D eigenvalue weighted by Crippen LogP contribution is -2.37. The maximum absolute atomic E-state index is 5.32. The molecule has 0 spiro atoms. The topological polar surface area (TPSA) is 42.7 Å². The summed E-state index contributed by atoms with van der Waals surface area (Å²) in [4.78, 5) is 6.89. The minimum absolute atomic E-state index is 0.846. The third-order valence-corrected chi connectivity index (χ3v) is 3.04. The number of rotatable bonds is 3. The van der Waals surface area contributed by atoms with Gasteiger partial charge in [-0.05, 0) is 12.1 Å². The van der Waals surface area contributed by atoms with Gasteiger partial charge in [0, 0.05) is 32.3 Å². The Labute approximate surface area is 100 Å². The third kappa shape index (κ3) is 2.45. The van der Waals surface area contributed by atoms with Crippen LogP contribution in [0.3, 0.4) is 0 Å². The lowest BCUT2D eigenvalue weighted by molar-refractivity contribution is 0.0382. The van der Waals surface area contributed by atoms with Crippen LogP contribution in [0.25, 0.3) is 5.65 Å². The first kappa shape index (κ1) is 10.7. The molecule has 0 N–H and O–H groups in total. The molecule has 2 aromatic heterocycles. The summed E-state index contributed by atoms with van der Waals surface area (Å²) < 4.78 is 7.15. The predicted octanol–water partition coefficient (Wildman–Crippen LogP) is 0.604. The standard InChI is InChI=1S/C12H16N4O/c1-2-5-16-12(3-1)13-11(14-16)4-6-15-7-9-17-10-8-15/h1-3,5H,4,6-10H2. The smallest absolute Gasteiger partial charge is 0.155 e. The summed E-state index contributed by atoms with van der Waals surface area (Å²) in [5.74, 6) is 0.919. The third-order valence-electron chi connectivity index (χ3n) is 3.04. The van der Waals surface area contributed by atoms with Gasteiger partial charge >= 0.3 is 0 Å². The number of morpholine rings is 1. The fraction of sp³-hybridized carbons (Fsp3) is 0.500. The van der Waals surface area contributed by atoms with E-state index < -0.39 is 0 Å². The van der Waals surface area contributed by atoms with Crippen molar-refractivity contribution in [3.63, 3.8) is 0 Å². The highest BCUT2D eigenvalue weighted by Crippen LogP contribution is 2.03. The van der Waals surface area contributed by atoms with Gasteiger partial charge in [0.05, 0.1) is 13.2 Å². The lowest BCUT2D eigenvalue weighted by Gasteiger charge is -2.25. The van der Waals surface area contributed by atoms with E-state index in [-0.39, 0.29) is 0 Å². The molecule has 0 aliphatic carbocycles. The first-order valence-corrected chi connectivity index (χ1v) is 6.02. The molecule has 5 nitrogen and oxygen atoms in total. The van der Waals surface area contributed by atoms with E-state index in [2.05, 4.69) is 15.0 Å². The Hall–Kier alpha value is -1.46. The van der Waals surface area contributed by atoms with Crippen LogP contribution in [0.1, 0.15) is 5.82 Å². The summed E-state index contributed by atoms with van der Waals surface area (Å²) in [6, 6.07) is 5.93. The van der Waals surface area contributed by atoms with Crippen molar-refractivity contribution in [1.29, 1.82) is 0 Å². The molecule has 1 saturated heterocycles. The van der Waals surface area contributed by atoms with Crippen molar-refractivity contribution in [2.45, 2.75) is 6.42 Å². The van der Waals surface area contributed by atoms with Gasteiger partial charge in [0.2, 0.25) is 0 Å². The zero-order valence-corrected chi connectivity index (χ0v) is 9.75. The maximum atomic E-state index is 5.32. The molecule has 1 aliphatic rings. The molecule has 1 aliphatic heterocycles. The molecule has 0 radical (unpaired) electrons. The molecule has 0 bridgehead atoms. The Morgan fingerprint density at radius 3 is 2.94 bits per heavy atom. The fourth-order valence-corrected chi connectivity index (χ4v) is 2.07. The molecule has 0 atom stereocenters. The molecule has 3 heterocycles. The number of ether oxygens (including phenoxy) is 1. The van der Waals surface area contributed by atoms with Gasteiger partial charge in [-0.2, -0.15) is 5.10 Å². The molecule has 90 valence electrons. The summed E-state index contributed by atoms with van der Waals surface area (Å²) in [5.41, 5.74) is 0.921. The van der Waals surface area contributed by atoms with Crippen LogP contribution in [0.5, 0.6) is 0 Å². The van der Waals surface area contributed by atoms with Gasteiger partial charge in [0.1, 0.15) is 0 Å². The molecule has 3 rings (SSSR count). The zero-order valence-electron chi connectivity index (χ0n) is 9.75. The maximum Gasteiger partial charge on any atom is 0.155 e. The molecule has 0 amide bonds. The second-order valence-electron chi connectivity index (χ2n) is 4.24. The van der Waals surface area contributed by atoms with Gasteiger partial charge in [-0.15, -0.1) is 0 Å². The van der Waals surface area contributed by atoms with Gasteiger partial charge in [0.25, 0.3) is 0 Å². The van der Waals surface area contributed by atoms with Crippen LogP contribution >= 0.6 is 0 Å². The van der Waals surface area contributed by atoms with E-state index in [1.807, 2.05) is 28.9 Å². The molecule has 0 unspecified atom stereocenters. The van der Waals surface area contributed by atoms with Crippen LogP contribution in [0.2, 0.25) is 0 Å². The molecule has 1 fully saturated rings. The van der Waals surface area contributed by atoms with Crippen LogP contribution in [-0.4, -0.2) is 52.3 Å². The predicted molar refractivity (Wildman–Crippen MR) is 64.0 cm³/mol. The minimum atomic E-state index is 0.846. The van der Waals surface area contributed by atoms with Gasteiger partial charge in [-0.3, -0.25) is 4.90 Å². The second-order valence-corrected chi connectivity index (χ2v) is 4.24. The number of hydrogen-bond acceptors (Lipinski definition) is 4. The van der Waals surface area contributed by atoms with Crippen molar-refractivity contribution < 1.29 is 4.74 Å². The van der Waals surface area contributed by atoms with Gasteiger partial charge < -0.3 is 4.74 Å². The van der Waals surface area contributed by atoms with Crippen molar-refractivity contribution in [3.05, 3.63) is 30.2 Å². The molecular formula is C12H16N4O. The van der Waals surface area contributed by atoms with Crippen molar-refractivity contribution in [2.75, 3.05) is 32.8 Å². The first-order valence-electron chi connectivity index (χ1n) is 6.02. The molecule has 5 heteroatoms. The molecular weight excluding hydrogens is 216 g/mol. The Bertz CT molecular complexity index is 457. The first-order chi connectivity index (χ1) is 8.42. The van der Waals surface area contributed by atoms with Crippen LogP contribution in [0, 0.1) is 0 Å². The van der Waals surface area contributed by atoms with Crippen molar-refractivity contribution in [2.24, 2.45) is 0 Å². The Morgan fingerprint density at radius 1 is 1.24 bits per heavy atom. The van der Waals surface area contributed by atoms with Gasteiger partial charge in [-0.25, -0.2) is 9.50 Å². The highest BCUT2D eigenvalue weighted by molar-refractivity contribution is 5.36. The summed E-state index contributed by atoms with van der Waals surface area (Å²) >= 11 is 0. The van der Waals surface area contributed by atoms with E-state index in [9.17, 15) is 0 Å². The van der Waals surface area contributed by atoms with E-state index in [0.717, 1.165) is 50.7 Å². The molecule has 0 aromatic carbocycles. The summed E-state index contributed by atoms with van der Waals surface area (Å²) in [7, 11) is 0. The Balaban J connectivity index is 1.64. The highest BCUT2D eigenvalue weighted by atomic mass is 16.5. The molecule has 0 saturated carbocycles. The molecule has 17 heavy (non-hydrogen) atoms. The van der Waals surface area contributed by atoms with E-state index in [0.29, 0.717) is 0 Å². The van der Waals surface area contributed by atoms with Gasteiger partial charge in [0.15, 0.2) is 11.5 Å². The Morgan fingerprint density at radius 2 is 2.12 bits per heavy atom. The molecule has 2 aromatic rings. The Kier molecular flexibility index (Phi) is 3.02. The monoisotopic (exact) mass is 232 g/mol. The quantitative estimate of drug-likeness (QED) is 0.777. The van der Waals surface area contributed by atoms with Crippen LogP contribution in [-0.2, 0) is 11.2 Å². The van der Waals surface area contributed by atoms with Crippen molar-refractivity contribution in [3.8, 4) is 0 Å². The average Bonchev–Trinajstić information content (AvgIpc) is 2.80. The fourth-order valence-electron chi connectivity index (χ4n) is 2.07. The summed E-state index contributed by atoms with van der Waals surface area (Å²) in [6.07, 6.45) is 2.84. The highest BCUT2D eigenvalue weighted by Gasteiger charge is 2.11. The van der Waals surface area contributed by atoms with E-state index >= 15 is 0 Å². The second kappa shape index (κ2) is 4.81. The van der Waals surface area contributed by atoms with Crippen molar-refractivity contribution in [1.82, 2.24) is 19.5 Å².